The van der Waals surface area contributed by atoms with Crippen molar-refractivity contribution >= 4 is 40.1 Å². The fourth-order valence-corrected chi connectivity index (χ4v) is 4.58. The number of carbonyl (C=O) groups is 2. The van der Waals surface area contributed by atoms with Crippen LogP contribution in [0, 0.1) is 6.92 Å². The van der Waals surface area contributed by atoms with Gasteiger partial charge in [0.1, 0.15) is 5.69 Å². The predicted octanol–water partition coefficient (Wildman–Crippen LogP) is 3.59. The fourth-order valence-electron chi connectivity index (χ4n) is 4.40. The third-order valence-electron chi connectivity index (χ3n) is 6.15. The molecule has 0 unspecified atom stereocenters. The number of aryl methyl sites for hydroxylation is 2. The molecule has 4 aromatic rings. The lowest BCUT2D eigenvalue weighted by Gasteiger charge is -2.34. The number of carbonyl (C=O) groups excluding carboxylic acids is 2. The van der Waals surface area contributed by atoms with Crippen molar-refractivity contribution in [2.75, 3.05) is 38.0 Å². The number of rotatable bonds is 5. The average molecular weight is 493 g/mol. The standard InChI is InChI=1S/C25H25ClN6O3/c1-16-23-17(14-20(21-8-5-13-35-21)28-24(23)30(2)29-16)25(34)32-11-9-31(10-12-32)15-22(33)27-19-7-4-3-6-18(19)26/h3-8,13-14H,9-12,15H2,1-2H3,(H,27,33). The number of para-hydroxylation sites is 1. The number of benzene rings is 1. The van der Waals surface area contributed by atoms with E-state index in [9.17, 15) is 9.59 Å². The van der Waals surface area contributed by atoms with E-state index in [2.05, 4.69) is 15.4 Å². The van der Waals surface area contributed by atoms with Crippen LogP contribution in [0.1, 0.15) is 16.1 Å². The van der Waals surface area contributed by atoms with Crippen molar-refractivity contribution in [2.45, 2.75) is 6.92 Å². The summed E-state index contributed by atoms with van der Waals surface area (Å²) in [5, 5.41) is 8.57. The maximum absolute atomic E-state index is 13.6. The minimum absolute atomic E-state index is 0.0820. The van der Waals surface area contributed by atoms with Gasteiger partial charge < -0.3 is 14.6 Å². The molecule has 5 rings (SSSR count). The second-order valence-electron chi connectivity index (χ2n) is 8.54. The van der Waals surface area contributed by atoms with Gasteiger partial charge >= 0.3 is 0 Å². The van der Waals surface area contributed by atoms with Crippen LogP contribution in [0.25, 0.3) is 22.5 Å². The molecule has 35 heavy (non-hydrogen) atoms. The monoisotopic (exact) mass is 492 g/mol. The number of amides is 2. The van der Waals surface area contributed by atoms with Crippen molar-refractivity contribution < 1.29 is 14.0 Å². The number of piperazine rings is 1. The number of fused-ring (bicyclic) bond motifs is 1. The normalized spacial score (nSPS) is 14.4. The van der Waals surface area contributed by atoms with Gasteiger partial charge in [0.05, 0.1) is 40.2 Å². The minimum atomic E-state index is -0.136. The third-order valence-corrected chi connectivity index (χ3v) is 6.48. The number of nitrogens with zero attached hydrogens (tertiary/aromatic N) is 5. The number of anilines is 1. The number of hydrogen-bond donors (Lipinski definition) is 1. The summed E-state index contributed by atoms with van der Waals surface area (Å²) in [4.78, 5) is 34.6. The van der Waals surface area contributed by atoms with Crippen LogP contribution >= 0.6 is 11.6 Å². The van der Waals surface area contributed by atoms with Crippen molar-refractivity contribution in [1.29, 1.82) is 0 Å². The fraction of sp³-hybridized carbons (Fsp3) is 0.280. The molecule has 0 radical (unpaired) electrons. The second-order valence-corrected chi connectivity index (χ2v) is 8.94. The first-order valence-electron chi connectivity index (χ1n) is 11.3. The van der Waals surface area contributed by atoms with E-state index in [1.165, 1.54) is 0 Å². The molecular weight excluding hydrogens is 468 g/mol. The highest BCUT2D eigenvalue weighted by molar-refractivity contribution is 6.33. The van der Waals surface area contributed by atoms with Crippen LogP contribution in [-0.4, -0.2) is 69.1 Å². The van der Waals surface area contributed by atoms with Crippen molar-refractivity contribution in [3.63, 3.8) is 0 Å². The zero-order valence-electron chi connectivity index (χ0n) is 19.5. The van der Waals surface area contributed by atoms with E-state index in [0.717, 1.165) is 11.1 Å². The quantitative estimate of drug-likeness (QED) is 0.457. The first-order chi connectivity index (χ1) is 16.9. The van der Waals surface area contributed by atoms with Crippen LogP contribution in [0.2, 0.25) is 5.02 Å². The van der Waals surface area contributed by atoms with Crippen molar-refractivity contribution in [3.8, 4) is 11.5 Å². The van der Waals surface area contributed by atoms with Gasteiger partial charge in [-0.05, 0) is 37.3 Å². The lowest BCUT2D eigenvalue weighted by molar-refractivity contribution is -0.117. The number of pyridine rings is 1. The van der Waals surface area contributed by atoms with E-state index >= 15 is 0 Å². The summed E-state index contributed by atoms with van der Waals surface area (Å²) in [7, 11) is 1.81. The first-order valence-corrected chi connectivity index (χ1v) is 11.7. The molecule has 0 saturated carbocycles. The zero-order valence-corrected chi connectivity index (χ0v) is 20.2. The summed E-state index contributed by atoms with van der Waals surface area (Å²) < 4.78 is 7.21. The summed E-state index contributed by atoms with van der Waals surface area (Å²) in [6.45, 7) is 4.31. The minimum Gasteiger partial charge on any atom is -0.463 e. The number of furan rings is 1. The van der Waals surface area contributed by atoms with Gasteiger partial charge in [-0.15, -0.1) is 0 Å². The van der Waals surface area contributed by atoms with Crippen LogP contribution in [0.15, 0.2) is 53.1 Å². The number of aromatic nitrogens is 3. The Kier molecular flexibility index (Phi) is 6.27. The van der Waals surface area contributed by atoms with Crippen LogP contribution in [-0.2, 0) is 11.8 Å². The summed E-state index contributed by atoms with van der Waals surface area (Å²) in [5.74, 6) is 0.374. The van der Waals surface area contributed by atoms with Crippen molar-refractivity contribution in [1.82, 2.24) is 24.6 Å². The topological polar surface area (TPSA) is 96.5 Å². The summed E-state index contributed by atoms with van der Waals surface area (Å²) in [6, 6.07) is 12.5. The van der Waals surface area contributed by atoms with Crippen molar-refractivity contribution in [2.24, 2.45) is 7.05 Å². The molecule has 10 heteroatoms. The van der Waals surface area contributed by atoms with E-state index in [-0.39, 0.29) is 18.4 Å². The molecule has 1 aromatic carbocycles. The van der Waals surface area contributed by atoms with E-state index in [0.29, 0.717) is 59.6 Å². The van der Waals surface area contributed by atoms with Gasteiger partial charge in [-0.1, -0.05) is 23.7 Å². The molecule has 1 fully saturated rings. The molecule has 1 aliphatic heterocycles. The summed E-state index contributed by atoms with van der Waals surface area (Å²) >= 11 is 6.13. The number of hydrogen-bond acceptors (Lipinski definition) is 6. The van der Waals surface area contributed by atoms with Crippen LogP contribution in [0.5, 0.6) is 0 Å². The Morgan fingerprint density at radius 1 is 1.11 bits per heavy atom. The van der Waals surface area contributed by atoms with E-state index in [1.54, 1.807) is 35.2 Å². The molecule has 0 atom stereocenters. The smallest absolute Gasteiger partial charge is 0.254 e. The highest BCUT2D eigenvalue weighted by Gasteiger charge is 2.27. The van der Waals surface area contributed by atoms with Crippen LogP contribution in [0.4, 0.5) is 5.69 Å². The van der Waals surface area contributed by atoms with Gasteiger partial charge in [-0.25, -0.2) is 4.98 Å². The Morgan fingerprint density at radius 2 is 1.89 bits per heavy atom. The molecule has 2 amide bonds. The van der Waals surface area contributed by atoms with Gasteiger partial charge in [0.2, 0.25) is 5.91 Å². The Hall–Kier alpha value is -3.69. The molecule has 0 bridgehead atoms. The highest BCUT2D eigenvalue weighted by Crippen LogP contribution is 2.28. The molecule has 180 valence electrons. The van der Waals surface area contributed by atoms with E-state index in [4.69, 9.17) is 16.0 Å². The van der Waals surface area contributed by atoms with Gasteiger partial charge in [0, 0.05) is 33.2 Å². The lowest BCUT2D eigenvalue weighted by Crippen LogP contribution is -2.50. The predicted molar refractivity (Wildman–Crippen MR) is 133 cm³/mol. The zero-order chi connectivity index (χ0) is 24.5. The Bertz CT molecular complexity index is 1390. The van der Waals surface area contributed by atoms with Gasteiger partial charge in [-0.3, -0.25) is 19.2 Å². The van der Waals surface area contributed by atoms with Crippen LogP contribution in [0.3, 0.4) is 0 Å². The third kappa shape index (κ3) is 4.65. The molecule has 0 spiro atoms. The number of nitrogens with one attached hydrogen (secondary N) is 1. The summed E-state index contributed by atoms with van der Waals surface area (Å²) in [6.07, 6.45) is 1.58. The SMILES string of the molecule is Cc1nn(C)c2nc(-c3ccco3)cc(C(=O)N3CCN(CC(=O)Nc4ccccc4Cl)CC3)c12. The molecule has 1 N–H and O–H groups in total. The van der Waals surface area contributed by atoms with Crippen LogP contribution < -0.4 is 5.32 Å². The molecule has 0 aliphatic carbocycles. The maximum atomic E-state index is 13.6. The second kappa shape index (κ2) is 9.52. The highest BCUT2D eigenvalue weighted by atomic mass is 35.5. The number of halogens is 1. The Labute approximate surface area is 207 Å². The molecular formula is C25H25ClN6O3. The Balaban J connectivity index is 1.30. The molecule has 1 aliphatic rings. The van der Waals surface area contributed by atoms with E-state index < -0.39 is 0 Å². The molecule has 1 saturated heterocycles. The summed E-state index contributed by atoms with van der Waals surface area (Å²) in [5.41, 5.74) is 3.11. The van der Waals surface area contributed by atoms with Crippen molar-refractivity contribution in [3.05, 3.63) is 65.0 Å². The Morgan fingerprint density at radius 3 is 2.60 bits per heavy atom. The van der Waals surface area contributed by atoms with Gasteiger partial charge in [-0.2, -0.15) is 5.10 Å². The maximum Gasteiger partial charge on any atom is 0.254 e. The van der Waals surface area contributed by atoms with Gasteiger partial charge in [0.15, 0.2) is 11.4 Å². The average Bonchev–Trinajstić information content (AvgIpc) is 3.49. The van der Waals surface area contributed by atoms with E-state index in [1.807, 2.05) is 42.0 Å². The lowest BCUT2D eigenvalue weighted by atomic mass is 10.1. The largest absolute Gasteiger partial charge is 0.463 e. The first kappa shape index (κ1) is 23.1. The van der Waals surface area contributed by atoms with Gasteiger partial charge in [0.25, 0.3) is 5.91 Å². The molecule has 4 heterocycles. The molecule has 3 aromatic heterocycles. The molecule has 9 nitrogen and oxygen atoms in total.